The number of aliphatic hydroxyl groups is 1. The summed E-state index contributed by atoms with van der Waals surface area (Å²) in [5.74, 6) is -10.7. The van der Waals surface area contributed by atoms with Crippen LogP contribution in [0.5, 0.6) is 11.5 Å². The van der Waals surface area contributed by atoms with Crippen molar-refractivity contribution in [3.05, 3.63) is 52.8 Å². The molecule has 1 aliphatic rings. The lowest BCUT2D eigenvalue weighted by Gasteiger charge is -2.16. The smallest absolute Gasteiger partial charge is 0.341 e. The highest BCUT2D eigenvalue weighted by Crippen LogP contribution is 2.57. The minimum absolute atomic E-state index is 0.226. The van der Waals surface area contributed by atoms with Crippen molar-refractivity contribution in [2.24, 2.45) is 0 Å². The largest absolute Gasteiger partial charge is 0.457 e. The van der Waals surface area contributed by atoms with Crippen LogP contribution in [0.25, 0.3) is 0 Å². The summed E-state index contributed by atoms with van der Waals surface area (Å²) in [4.78, 5) is -1.38. The van der Waals surface area contributed by atoms with E-state index >= 15 is 0 Å². The first-order chi connectivity index (χ1) is 13.4. The van der Waals surface area contributed by atoms with Crippen molar-refractivity contribution in [1.82, 2.24) is 0 Å². The molecule has 0 unspecified atom stereocenters. The molecule has 0 heterocycles. The Balaban J connectivity index is 2.23. The second-order valence-electron chi connectivity index (χ2n) is 6.02. The monoisotopic (exact) mass is 437 g/mol. The van der Waals surface area contributed by atoms with Gasteiger partial charge in [0.2, 0.25) is 9.84 Å². The first-order valence-corrected chi connectivity index (χ1v) is 9.23. The predicted molar refractivity (Wildman–Crippen MR) is 84.6 cm³/mol. The fourth-order valence-electron chi connectivity index (χ4n) is 2.91. The van der Waals surface area contributed by atoms with Gasteiger partial charge in [-0.15, -0.1) is 0 Å². The van der Waals surface area contributed by atoms with Gasteiger partial charge >= 0.3 is 11.7 Å². The summed E-state index contributed by atoms with van der Waals surface area (Å²) in [6, 6.07) is 5.22. The van der Waals surface area contributed by atoms with Crippen LogP contribution in [0, 0.1) is 17.1 Å². The van der Waals surface area contributed by atoms with Gasteiger partial charge in [-0.1, -0.05) is 0 Å². The standard InChI is InChI=1S/C17H9F6NO4S/c18-8-3-7(6-24)4-9(5-8)28-10-1-2-11(29(26,27)16(20)21)13-12(10)14(19)17(22,23)15(13)25/h1-5,14-16,25H/t14-,15+/m1/s1. The fraction of sp³-hybridized carbons (Fsp3) is 0.235. The average Bonchev–Trinajstić information content (AvgIpc) is 2.82. The Kier molecular flexibility index (Phi) is 5.00. The SMILES string of the molecule is N#Cc1cc(F)cc(Oc2ccc(S(=O)(=O)C(F)F)c3c2[C@@H](F)C(F)(F)[C@H]3O)c1. The van der Waals surface area contributed by atoms with Gasteiger partial charge in [0, 0.05) is 17.2 Å². The molecule has 0 aromatic heterocycles. The van der Waals surface area contributed by atoms with Gasteiger partial charge in [0.25, 0.3) is 0 Å². The maximum atomic E-state index is 14.4. The average molecular weight is 437 g/mol. The number of fused-ring (bicyclic) bond motifs is 1. The molecule has 0 fully saturated rings. The second kappa shape index (κ2) is 6.93. The van der Waals surface area contributed by atoms with Gasteiger partial charge < -0.3 is 9.84 Å². The Morgan fingerprint density at radius 2 is 1.83 bits per heavy atom. The zero-order chi connectivity index (χ0) is 21.7. The third-order valence-electron chi connectivity index (χ3n) is 4.21. The second-order valence-corrected chi connectivity index (χ2v) is 7.91. The molecule has 0 saturated carbocycles. The first-order valence-electron chi connectivity index (χ1n) is 7.68. The number of ether oxygens (including phenoxy) is 1. The van der Waals surface area contributed by atoms with Crippen molar-refractivity contribution in [3.8, 4) is 17.6 Å². The third kappa shape index (κ3) is 3.30. The van der Waals surface area contributed by atoms with E-state index in [1.165, 1.54) is 0 Å². The summed E-state index contributed by atoms with van der Waals surface area (Å²) >= 11 is 0. The number of nitrogens with zero attached hydrogens (tertiary/aromatic N) is 1. The third-order valence-corrected chi connectivity index (χ3v) is 5.64. The van der Waals surface area contributed by atoms with E-state index in [2.05, 4.69) is 0 Å². The van der Waals surface area contributed by atoms with E-state index in [9.17, 15) is 39.9 Å². The molecule has 5 nitrogen and oxygen atoms in total. The summed E-state index contributed by atoms with van der Waals surface area (Å²) in [7, 11) is -5.47. The normalized spacial score (nSPS) is 20.4. The van der Waals surface area contributed by atoms with Crippen LogP contribution < -0.4 is 4.74 Å². The Morgan fingerprint density at radius 1 is 1.17 bits per heavy atom. The van der Waals surface area contributed by atoms with Crippen molar-refractivity contribution < 1.29 is 44.6 Å². The summed E-state index contributed by atoms with van der Waals surface area (Å²) in [6.07, 6.45) is -6.33. The van der Waals surface area contributed by atoms with Crippen molar-refractivity contribution >= 4 is 9.84 Å². The van der Waals surface area contributed by atoms with Gasteiger partial charge in [-0.25, -0.2) is 17.2 Å². The quantitative estimate of drug-likeness (QED) is 0.726. The van der Waals surface area contributed by atoms with E-state index in [4.69, 9.17) is 10.00 Å². The van der Waals surface area contributed by atoms with Crippen LogP contribution in [0.3, 0.4) is 0 Å². The number of rotatable bonds is 4. The summed E-state index contributed by atoms with van der Waals surface area (Å²) in [5, 5.41) is 18.6. The highest BCUT2D eigenvalue weighted by Gasteiger charge is 2.59. The summed E-state index contributed by atoms with van der Waals surface area (Å²) in [6.45, 7) is 0. The number of nitriles is 1. The maximum Gasteiger partial charge on any atom is 0.341 e. The Morgan fingerprint density at radius 3 is 2.41 bits per heavy atom. The van der Waals surface area contributed by atoms with E-state index < -0.39 is 67.1 Å². The Labute approximate surface area is 159 Å². The van der Waals surface area contributed by atoms with Crippen molar-refractivity contribution in [2.45, 2.75) is 28.9 Å². The molecule has 154 valence electrons. The molecule has 12 heteroatoms. The molecule has 0 bridgehead atoms. The first kappa shape index (κ1) is 20.9. The number of aliphatic hydroxyl groups excluding tert-OH is 1. The molecule has 3 rings (SSSR count). The molecule has 0 radical (unpaired) electrons. The molecule has 0 amide bonds. The number of benzene rings is 2. The number of halogens is 6. The van der Waals surface area contributed by atoms with Crippen molar-refractivity contribution in [2.75, 3.05) is 0 Å². The van der Waals surface area contributed by atoms with Crippen LogP contribution in [0.1, 0.15) is 29.0 Å². The molecular weight excluding hydrogens is 428 g/mol. The van der Waals surface area contributed by atoms with Crippen LogP contribution in [-0.4, -0.2) is 25.2 Å². The molecule has 29 heavy (non-hydrogen) atoms. The van der Waals surface area contributed by atoms with Crippen LogP contribution >= 0.6 is 0 Å². The van der Waals surface area contributed by atoms with Crippen LogP contribution in [0.2, 0.25) is 0 Å². The highest BCUT2D eigenvalue weighted by atomic mass is 32.2. The van der Waals surface area contributed by atoms with Gasteiger partial charge in [0.1, 0.15) is 23.4 Å². The molecule has 0 aliphatic heterocycles. The molecule has 2 aromatic rings. The Hall–Kier alpha value is -2.78. The van der Waals surface area contributed by atoms with Gasteiger partial charge in [0.15, 0.2) is 6.17 Å². The molecule has 1 aliphatic carbocycles. The van der Waals surface area contributed by atoms with Crippen molar-refractivity contribution in [1.29, 1.82) is 5.26 Å². The van der Waals surface area contributed by atoms with E-state index in [0.717, 1.165) is 18.2 Å². The predicted octanol–water partition coefficient (Wildman–Crippen LogP) is 4.18. The number of alkyl halides is 5. The minimum atomic E-state index is -5.47. The van der Waals surface area contributed by atoms with E-state index in [1.54, 1.807) is 6.07 Å². The van der Waals surface area contributed by atoms with Gasteiger partial charge in [-0.3, -0.25) is 0 Å². The summed E-state index contributed by atoms with van der Waals surface area (Å²) < 4.78 is 111. The number of hydrogen-bond donors (Lipinski definition) is 1. The Bertz CT molecular complexity index is 1130. The lowest BCUT2D eigenvalue weighted by Crippen LogP contribution is -2.25. The lowest BCUT2D eigenvalue weighted by atomic mass is 10.1. The van der Waals surface area contributed by atoms with Crippen LogP contribution in [-0.2, 0) is 9.84 Å². The van der Waals surface area contributed by atoms with Gasteiger partial charge in [-0.05, 0) is 24.3 Å². The topological polar surface area (TPSA) is 87.4 Å². The van der Waals surface area contributed by atoms with Crippen LogP contribution in [0.4, 0.5) is 26.3 Å². The lowest BCUT2D eigenvalue weighted by molar-refractivity contribution is -0.143. The van der Waals surface area contributed by atoms with E-state index in [0.29, 0.717) is 12.1 Å². The van der Waals surface area contributed by atoms with Crippen LogP contribution in [0.15, 0.2) is 35.2 Å². The fourth-order valence-corrected chi connectivity index (χ4v) is 3.89. The minimum Gasteiger partial charge on any atom is -0.457 e. The van der Waals surface area contributed by atoms with E-state index in [-0.39, 0.29) is 5.56 Å². The van der Waals surface area contributed by atoms with E-state index in [1.807, 2.05) is 0 Å². The highest BCUT2D eigenvalue weighted by molar-refractivity contribution is 7.91. The molecule has 2 aromatic carbocycles. The molecule has 0 saturated heterocycles. The molecular formula is C17H9F6NO4S. The summed E-state index contributed by atoms with van der Waals surface area (Å²) in [5.41, 5.74) is -2.65. The molecule has 0 spiro atoms. The number of sulfone groups is 1. The molecule has 2 atom stereocenters. The zero-order valence-electron chi connectivity index (χ0n) is 13.9. The number of hydrogen-bond acceptors (Lipinski definition) is 5. The molecule has 1 N–H and O–H groups in total. The zero-order valence-corrected chi connectivity index (χ0v) is 14.7. The van der Waals surface area contributed by atoms with Crippen molar-refractivity contribution in [3.63, 3.8) is 0 Å². The van der Waals surface area contributed by atoms with Gasteiger partial charge in [0.05, 0.1) is 16.5 Å². The van der Waals surface area contributed by atoms with Gasteiger partial charge in [-0.2, -0.15) is 22.8 Å². The maximum absolute atomic E-state index is 14.4.